The average Bonchev–Trinajstić information content (AvgIpc) is 3.72. The van der Waals surface area contributed by atoms with E-state index < -0.39 is 84.1 Å². The van der Waals surface area contributed by atoms with Gasteiger partial charge in [0.2, 0.25) is 0 Å². The van der Waals surface area contributed by atoms with Gasteiger partial charge in [-0.1, -0.05) is 96.8 Å². The molecular weight excluding hydrogens is 440 g/mol. The summed E-state index contributed by atoms with van der Waals surface area (Å²) in [7, 11) is 0. The van der Waals surface area contributed by atoms with E-state index >= 15 is 0 Å². The fourth-order valence-corrected chi connectivity index (χ4v) is 5.08. The predicted molar refractivity (Wildman–Crippen MR) is 149 cm³/mol. The van der Waals surface area contributed by atoms with Crippen molar-refractivity contribution >= 4 is 54.5 Å². The first-order valence-electron chi connectivity index (χ1n) is 17.6. The van der Waals surface area contributed by atoms with Crippen LogP contribution >= 0.6 is 0 Å². The van der Waals surface area contributed by atoms with Crippen LogP contribution in [0.3, 0.4) is 0 Å². The zero-order valence-electron chi connectivity index (χ0n) is 31.4. The number of para-hydroxylation sites is 1. The van der Waals surface area contributed by atoms with Crippen molar-refractivity contribution in [3.8, 4) is 22.3 Å². The summed E-state index contributed by atoms with van der Waals surface area (Å²) in [6.07, 6.45) is 1.42. The maximum Gasteiger partial charge on any atom is 0.139 e. The van der Waals surface area contributed by atoms with Crippen molar-refractivity contribution in [1.29, 1.82) is 0 Å². The summed E-state index contributed by atoms with van der Waals surface area (Å²) in [5, 5.41) is 0.654. The summed E-state index contributed by atoms with van der Waals surface area (Å²) in [4.78, 5) is 0. The summed E-state index contributed by atoms with van der Waals surface area (Å²) in [5.41, 5.74) is 0.683. The van der Waals surface area contributed by atoms with Gasteiger partial charge in [-0.25, -0.2) is 0 Å². The molecule has 0 saturated heterocycles. The van der Waals surface area contributed by atoms with Crippen LogP contribution < -0.4 is 0 Å². The topological polar surface area (TPSA) is 26.3 Å². The SMILES string of the molecule is [2H]c1c([2H])c([2H])c(-c2c3c([2H])c([2H])c([2H])c([2H])c3c(-c3c4ccoc4cc4oc5ccccc5c34)c3c([2H])c([2H])c([2H])c([2H])c23)c([2H])c1[2H]. The van der Waals surface area contributed by atoms with Crippen LogP contribution in [0, 0.1) is 0 Å². The van der Waals surface area contributed by atoms with Gasteiger partial charge in [0.1, 0.15) is 16.7 Å². The second kappa shape index (κ2) is 7.34. The second-order valence-corrected chi connectivity index (χ2v) is 8.31. The number of furan rings is 2. The van der Waals surface area contributed by atoms with Gasteiger partial charge in [0.15, 0.2) is 0 Å². The van der Waals surface area contributed by atoms with E-state index in [4.69, 9.17) is 21.2 Å². The van der Waals surface area contributed by atoms with E-state index in [-0.39, 0.29) is 32.7 Å². The Morgan fingerprint density at radius 3 is 1.86 bits per heavy atom. The summed E-state index contributed by atoms with van der Waals surface area (Å²) < 4.78 is 126. The Bertz CT molecular complexity index is 2710. The largest absolute Gasteiger partial charge is 0.464 e. The molecule has 0 atom stereocenters. The maximum absolute atomic E-state index is 9.27. The molecule has 0 aliphatic heterocycles. The Kier molecular flexibility index (Phi) is 2.21. The number of hydrogen-bond acceptors (Lipinski definition) is 2. The van der Waals surface area contributed by atoms with Gasteiger partial charge in [0.05, 0.1) is 24.1 Å². The molecule has 2 nitrogen and oxygen atoms in total. The van der Waals surface area contributed by atoms with Gasteiger partial charge in [0, 0.05) is 27.8 Å². The molecule has 0 aliphatic carbocycles. The summed E-state index contributed by atoms with van der Waals surface area (Å²) >= 11 is 0. The fraction of sp³-hybridized carbons (Fsp3) is 0. The van der Waals surface area contributed by atoms with Crippen molar-refractivity contribution in [2.45, 2.75) is 0 Å². The lowest BCUT2D eigenvalue weighted by atomic mass is 9.84. The molecule has 36 heavy (non-hydrogen) atoms. The maximum atomic E-state index is 9.27. The summed E-state index contributed by atoms with van der Waals surface area (Å²) in [6.45, 7) is 0. The van der Waals surface area contributed by atoms with E-state index in [1.807, 2.05) is 0 Å². The first kappa shape index (κ1) is 10.8. The van der Waals surface area contributed by atoms with Crippen molar-refractivity contribution in [3.63, 3.8) is 0 Å². The van der Waals surface area contributed by atoms with Gasteiger partial charge in [-0.3, -0.25) is 0 Å². The molecular formula is C34H20O2. The van der Waals surface area contributed by atoms with Gasteiger partial charge in [-0.15, -0.1) is 0 Å². The van der Waals surface area contributed by atoms with Crippen molar-refractivity contribution in [1.82, 2.24) is 0 Å². The molecule has 0 radical (unpaired) electrons. The molecule has 0 aliphatic rings. The van der Waals surface area contributed by atoms with Crippen LogP contribution in [0.5, 0.6) is 0 Å². The average molecular weight is 474 g/mol. The number of rotatable bonds is 2. The third kappa shape index (κ3) is 2.61. The Morgan fingerprint density at radius 1 is 0.500 bits per heavy atom. The molecule has 8 aromatic rings. The quantitative estimate of drug-likeness (QED) is 0.233. The predicted octanol–water partition coefficient (Wildman–Crippen LogP) is 9.97. The minimum Gasteiger partial charge on any atom is -0.464 e. The molecule has 0 unspecified atom stereocenters. The van der Waals surface area contributed by atoms with Crippen LogP contribution in [0.4, 0.5) is 0 Å². The van der Waals surface area contributed by atoms with Crippen LogP contribution in [0.2, 0.25) is 0 Å². The highest BCUT2D eigenvalue weighted by Gasteiger charge is 2.23. The second-order valence-electron chi connectivity index (χ2n) is 8.31. The molecule has 0 N–H and O–H groups in total. The van der Waals surface area contributed by atoms with Crippen LogP contribution in [0.25, 0.3) is 76.7 Å². The third-order valence-electron chi connectivity index (χ3n) is 6.47. The van der Waals surface area contributed by atoms with Gasteiger partial charge in [-0.05, 0) is 50.4 Å². The van der Waals surface area contributed by atoms with Crippen LogP contribution in [0.1, 0.15) is 17.8 Å². The molecule has 0 spiro atoms. The Labute approximate surface area is 225 Å². The minimum absolute atomic E-state index is 0.0173. The Morgan fingerprint density at radius 2 is 1.14 bits per heavy atom. The molecule has 6 aromatic carbocycles. The zero-order chi connectivity index (χ0) is 35.0. The lowest BCUT2D eigenvalue weighted by molar-refractivity contribution is 0.613. The van der Waals surface area contributed by atoms with Crippen molar-refractivity contribution in [2.75, 3.05) is 0 Å². The first-order valence-corrected chi connectivity index (χ1v) is 11.1. The van der Waals surface area contributed by atoms with Crippen LogP contribution in [0.15, 0.2) is 130 Å². The first-order chi connectivity index (χ1) is 23.3. The molecule has 2 heterocycles. The van der Waals surface area contributed by atoms with Gasteiger partial charge in [-0.2, -0.15) is 0 Å². The molecule has 2 heteroatoms. The number of benzene rings is 6. The van der Waals surface area contributed by atoms with Gasteiger partial charge >= 0.3 is 0 Å². The molecule has 8 rings (SSSR count). The monoisotopic (exact) mass is 473 g/mol. The number of fused-ring (bicyclic) bond motifs is 6. The summed E-state index contributed by atoms with van der Waals surface area (Å²) in [5.74, 6) is 0. The van der Waals surface area contributed by atoms with E-state index in [1.165, 1.54) is 6.26 Å². The zero-order valence-corrected chi connectivity index (χ0v) is 18.4. The summed E-state index contributed by atoms with van der Waals surface area (Å²) in [6, 6.07) is 1.85. The van der Waals surface area contributed by atoms with Crippen LogP contribution in [-0.2, 0) is 0 Å². The molecule has 2 aromatic heterocycles. The minimum atomic E-state index is -0.724. The highest BCUT2D eigenvalue weighted by Crippen LogP contribution is 2.49. The fourth-order valence-electron chi connectivity index (χ4n) is 5.08. The normalized spacial score (nSPS) is 16.9. The Hall–Kier alpha value is -4.82. The molecule has 168 valence electrons. The number of hydrogen-bond donors (Lipinski definition) is 0. The van der Waals surface area contributed by atoms with Crippen molar-refractivity contribution in [2.24, 2.45) is 0 Å². The molecule has 0 amide bonds. The highest BCUT2D eigenvalue weighted by molar-refractivity contribution is 6.29. The van der Waals surface area contributed by atoms with E-state index in [0.29, 0.717) is 38.5 Å². The van der Waals surface area contributed by atoms with Gasteiger partial charge < -0.3 is 8.83 Å². The molecule has 0 saturated carbocycles. The molecule has 0 fully saturated rings. The van der Waals surface area contributed by atoms with Crippen molar-refractivity contribution in [3.05, 3.63) is 121 Å². The van der Waals surface area contributed by atoms with Crippen molar-refractivity contribution < 1.29 is 26.7 Å². The smallest absolute Gasteiger partial charge is 0.139 e. The van der Waals surface area contributed by atoms with E-state index in [1.54, 1.807) is 36.4 Å². The third-order valence-corrected chi connectivity index (χ3v) is 6.47. The van der Waals surface area contributed by atoms with E-state index in [0.717, 1.165) is 0 Å². The lowest BCUT2D eigenvalue weighted by Gasteiger charge is -2.18. The van der Waals surface area contributed by atoms with E-state index in [2.05, 4.69) is 0 Å². The lowest BCUT2D eigenvalue weighted by Crippen LogP contribution is -1.91. The van der Waals surface area contributed by atoms with Gasteiger partial charge in [0.25, 0.3) is 0 Å². The van der Waals surface area contributed by atoms with Crippen LogP contribution in [-0.4, -0.2) is 0 Å². The standard InChI is InChI=1S/C34H20O2/c1-2-10-21(11-3-1)31-22-12-4-6-14-24(22)32(25-15-7-5-13-23(25)31)34-27-18-19-35-29(27)20-30-33(34)26-16-8-9-17-28(26)36-30/h1-20H/i1D,2D,3D,4D,5D,6D,7D,10D,11D,12D,13D,14D,15D. The molecule has 0 bridgehead atoms. The van der Waals surface area contributed by atoms with E-state index in [9.17, 15) is 5.48 Å². The Balaban J connectivity index is 1.81. The highest BCUT2D eigenvalue weighted by atomic mass is 16.3.